The van der Waals surface area contributed by atoms with E-state index in [0.29, 0.717) is 32.4 Å². The molecule has 2 heterocycles. The van der Waals surface area contributed by atoms with Crippen molar-refractivity contribution < 1.29 is 29.0 Å². The summed E-state index contributed by atoms with van der Waals surface area (Å²) in [6.45, 7) is 1.33. The highest BCUT2D eigenvalue weighted by Crippen LogP contribution is 2.44. The van der Waals surface area contributed by atoms with Gasteiger partial charge in [-0.3, -0.25) is 4.79 Å². The van der Waals surface area contributed by atoms with Crippen LogP contribution in [0.2, 0.25) is 0 Å². The van der Waals surface area contributed by atoms with E-state index in [9.17, 15) is 19.5 Å². The van der Waals surface area contributed by atoms with Gasteiger partial charge in [-0.1, -0.05) is 48.5 Å². The number of hydrogen-bond donors (Lipinski definition) is 2. The first-order valence-electron chi connectivity index (χ1n) is 11.7. The standard InChI is InChI=1S/C26H28N2O6/c29-23(30)22-10-12-28(22)24(31)26(11-5-13-33-16-26)15-27-25(32)34-14-21-19-8-3-1-6-17(19)18-7-2-4-9-20(18)21/h1-4,6-9,21-22H,5,10-16H2,(H,27,32)(H,29,30). The number of rotatable bonds is 6. The Morgan fingerprint density at radius 3 is 2.32 bits per heavy atom. The molecular formula is C26H28N2O6. The summed E-state index contributed by atoms with van der Waals surface area (Å²) in [5, 5.41) is 12.1. The zero-order valence-electron chi connectivity index (χ0n) is 18.9. The third-order valence-corrected chi connectivity index (χ3v) is 7.26. The Labute approximate surface area is 197 Å². The van der Waals surface area contributed by atoms with Crippen LogP contribution in [-0.2, 0) is 19.1 Å². The van der Waals surface area contributed by atoms with Gasteiger partial charge in [0.1, 0.15) is 12.6 Å². The average Bonchev–Trinajstić information content (AvgIpc) is 3.14. The highest BCUT2D eigenvalue weighted by molar-refractivity contribution is 5.90. The van der Waals surface area contributed by atoms with Gasteiger partial charge in [0.15, 0.2) is 0 Å². The highest BCUT2D eigenvalue weighted by Gasteiger charge is 2.49. The second-order valence-electron chi connectivity index (χ2n) is 9.26. The summed E-state index contributed by atoms with van der Waals surface area (Å²) in [6.07, 6.45) is 1.04. The summed E-state index contributed by atoms with van der Waals surface area (Å²) in [7, 11) is 0. The largest absolute Gasteiger partial charge is 0.480 e. The van der Waals surface area contributed by atoms with Gasteiger partial charge in [0, 0.05) is 25.6 Å². The molecule has 2 saturated heterocycles. The molecule has 2 unspecified atom stereocenters. The van der Waals surface area contributed by atoms with Gasteiger partial charge < -0.3 is 24.8 Å². The summed E-state index contributed by atoms with van der Waals surface area (Å²) in [5.41, 5.74) is 3.58. The van der Waals surface area contributed by atoms with Crippen LogP contribution in [0.3, 0.4) is 0 Å². The Morgan fingerprint density at radius 1 is 1.09 bits per heavy atom. The number of carboxylic acids is 1. The van der Waals surface area contributed by atoms with Gasteiger partial charge in [0.05, 0.1) is 12.0 Å². The van der Waals surface area contributed by atoms with Crippen LogP contribution in [0.25, 0.3) is 11.1 Å². The van der Waals surface area contributed by atoms with Gasteiger partial charge in [0.2, 0.25) is 5.91 Å². The Bertz CT molecular complexity index is 1060. The molecule has 2 N–H and O–H groups in total. The van der Waals surface area contributed by atoms with E-state index in [2.05, 4.69) is 29.6 Å². The number of nitrogens with one attached hydrogen (secondary N) is 1. The van der Waals surface area contributed by atoms with E-state index in [1.807, 2.05) is 24.3 Å². The lowest BCUT2D eigenvalue weighted by Gasteiger charge is -2.45. The summed E-state index contributed by atoms with van der Waals surface area (Å²) in [6, 6.07) is 15.4. The monoisotopic (exact) mass is 464 g/mol. The first-order valence-corrected chi connectivity index (χ1v) is 11.7. The molecule has 2 aromatic rings. The molecule has 8 nitrogen and oxygen atoms in total. The number of alkyl carbamates (subject to hydrolysis) is 1. The lowest BCUT2D eigenvalue weighted by molar-refractivity contribution is -0.167. The van der Waals surface area contributed by atoms with E-state index in [-0.39, 0.29) is 31.6 Å². The highest BCUT2D eigenvalue weighted by atomic mass is 16.5. The average molecular weight is 465 g/mol. The molecule has 34 heavy (non-hydrogen) atoms. The molecule has 2 amide bonds. The van der Waals surface area contributed by atoms with Gasteiger partial charge in [-0.25, -0.2) is 9.59 Å². The van der Waals surface area contributed by atoms with Crippen molar-refractivity contribution in [3.05, 3.63) is 59.7 Å². The Kier molecular flexibility index (Phi) is 6.00. The van der Waals surface area contributed by atoms with E-state index >= 15 is 0 Å². The quantitative estimate of drug-likeness (QED) is 0.681. The van der Waals surface area contributed by atoms with Crippen LogP contribution in [-0.4, -0.2) is 66.9 Å². The Balaban J connectivity index is 1.24. The van der Waals surface area contributed by atoms with Crippen molar-refractivity contribution >= 4 is 18.0 Å². The molecule has 2 aromatic carbocycles. The van der Waals surface area contributed by atoms with Gasteiger partial charge in [-0.2, -0.15) is 0 Å². The number of hydrogen-bond acceptors (Lipinski definition) is 5. The third kappa shape index (κ3) is 3.92. The Morgan fingerprint density at radius 2 is 1.76 bits per heavy atom. The number of carboxylic acid groups (broad SMARTS) is 1. The molecule has 5 rings (SSSR count). The van der Waals surface area contributed by atoms with E-state index in [1.165, 1.54) is 4.90 Å². The second-order valence-corrected chi connectivity index (χ2v) is 9.26. The summed E-state index contributed by atoms with van der Waals surface area (Å²) < 4.78 is 11.2. The summed E-state index contributed by atoms with van der Waals surface area (Å²) in [5.74, 6) is -1.33. The SMILES string of the molecule is O=C(NCC1(C(=O)N2CCC2C(=O)O)CCCOC1)OCC1c2ccccc2-c2ccccc21. The van der Waals surface area contributed by atoms with E-state index in [1.54, 1.807) is 0 Å². The number of carbonyl (C=O) groups excluding carboxylic acids is 2. The minimum atomic E-state index is -1.00. The van der Waals surface area contributed by atoms with Gasteiger partial charge in [-0.05, 0) is 41.5 Å². The molecule has 2 fully saturated rings. The molecule has 0 bridgehead atoms. The smallest absolute Gasteiger partial charge is 0.407 e. The van der Waals surface area contributed by atoms with Crippen molar-refractivity contribution in [1.82, 2.24) is 10.2 Å². The molecule has 2 aliphatic heterocycles. The summed E-state index contributed by atoms with van der Waals surface area (Å²) >= 11 is 0. The first-order chi connectivity index (χ1) is 16.5. The maximum absolute atomic E-state index is 13.3. The van der Waals surface area contributed by atoms with Crippen molar-refractivity contribution in [2.45, 2.75) is 31.2 Å². The van der Waals surface area contributed by atoms with Crippen molar-refractivity contribution in [1.29, 1.82) is 0 Å². The van der Waals surface area contributed by atoms with Crippen molar-refractivity contribution in [2.75, 3.05) is 32.9 Å². The number of nitrogens with zero attached hydrogens (tertiary/aromatic N) is 1. The summed E-state index contributed by atoms with van der Waals surface area (Å²) in [4.78, 5) is 38.7. The van der Waals surface area contributed by atoms with Crippen molar-refractivity contribution in [3.63, 3.8) is 0 Å². The normalized spacial score (nSPS) is 23.4. The fourth-order valence-electron chi connectivity index (χ4n) is 5.32. The minimum absolute atomic E-state index is 0.0470. The van der Waals surface area contributed by atoms with Crippen molar-refractivity contribution in [2.24, 2.45) is 5.41 Å². The predicted molar refractivity (Wildman–Crippen MR) is 123 cm³/mol. The maximum Gasteiger partial charge on any atom is 0.407 e. The van der Waals surface area contributed by atoms with E-state index < -0.39 is 23.5 Å². The van der Waals surface area contributed by atoms with Crippen LogP contribution < -0.4 is 5.32 Å². The van der Waals surface area contributed by atoms with Crippen LogP contribution in [0, 0.1) is 5.41 Å². The maximum atomic E-state index is 13.3. The second kappa shape index (κ2) is 9.10. The minimum Gasteiger partial charge on any atom is -0.480 e. The number of fused-ring (bicyclic) bond motifs is 3. The predicted octanol–water partition coefficient (Wildman–Crippen LogP) is 3.01. The number of ether oxygens (including phenoxy) is 2. The van der Waals surface area contributed by atoms with Crippen LogP contribution in [0.5, 0.6) is 0 Å². The zero-order chi connectivity index (χ0) is 23.7. The van der Waals surface area contributed by atoms with E-state index in [4.69, 9.17) is 9.47 Å². The van der Waals surface area contributed by atoms with Crippen LogP contribution in [0.15, 0.2) is 48.5 Å². The fourth-order valence-corrected chi connectivity index (χ4v) is 5.32. The molecule has 0 radical (unpaired) electrons. The van der Waals surface area contributed by atoms with Crippen LogP contribution >= 0.6 is 0 Å². The molecule has 178 valence electrons. The molecule has 0 spiro atoms. The first kappa shape index (κ1) is 22.4. The topological polar surface area (TPSA) is 105 Å². The fraction of sp³-hybridized carbons (Fsp3) is 0.423. The number of amides is 2. The van der Waals surface area contributed by atoms with Crippen molar-refractivity contribution in [3.8, 4) is 11.1 Å². The van der Waals surface area contributed by atoms with Gasteiger partial charge in [0.25, 0.3) is 0 Å². The molecular weight excluding hydrogens is 436 g/mol. The van der Waals surface area contributed by atoms with Gasteiger partial charge in [-0.15, -0.1) is 0 Å². The molecule has 8 heteroatoms. The van der Waals surface area contributed by atoms with Crippen LogP contribution in [0.4, 0.5) is 4.79 Å². The molecule has 3 aliphatic rings. The zero-order valence-corrected chi connectivity index (χ0v) is 18.9. The van der Waals surface area contributed by atoms with Crippen LogP contribution in [0.1, 0.15) is 36.3 Å². The Hall–Kier alpha value is -3.39. The molecule has 0 saturated carbocycles. The third-order valence-electron chi connectivity index (χ3n) is 7.26. The molecule has 1 aliphatic carbocycles. The molecule has 0 aromatic heterocycles. The van der Waals surface area contributed by atoms with Gasteiger partial charge >= 0.3 is 12.1 Å². The lowest BCUT2D eigenvalue weighted by Crippen LogP contribution is -2.62. The number of benzene rings is 2. The van der Waals surface area contributed by atoms with E-state index in [0.717, 1.165) is 22.3 Å². The lowest BCUT2D eigenvalue weighted by atomic mass is 9.79. The number of carbonyl (C=O) groups is 3. The molecule has 2 atom stereocenters. The number of aliphatic carboxylic acids is 1. The number of likely N-dealkylation sites (tertiary alicyclic amines) is 1.